The summed E-state index contributed by atoms with van der Waals surface area (Å²) in [6, 6.07) is 3.75. The Morgan fingerprint density at radius 1 is 1.64 bits per heavy atom. The Morgan fingerprint density at radius 2 is 2.36 bits per heavy atom. The molecule has 0 amide bonds. The number of hydrogen-bond donors (Lipinski definition) is 0. The highest BCUT2D eigenvalue weighted by molar-refractivity contribution is 7.99. The largest absolute Gasteiger partial charge is 0.287 e. The lowest BCUT2D eigenvalue weighted by Crippen LogP contribution is -2.04. The average molecular weight is 207 g/mol. The predicted octanol–water partition coefficient (Wildman–Crippen LogP) is 2.95. The molecule has 0 saturated heterocycles. The van der Waals surface area contributed by atoms with Gasteiger partial charge in [0.15, 0.2) is 0 Å². The van der Waals surface area contributed by atoms with E-state index in [2.05, 4.69) is 11.6 Å². The number of pyridine rings is 1. The maximum atomic E-state index is 11.7. The van der Waals surface area contributed by atoms with E-state index >= 15 is 0 Å². The Bertz CT molecular complexity index is 360. The van der Waals surface area contributed by atoms with Crippen molar-refractivity contribution in [1.29, 1.82) is 0 Å². The zero-order valence-corrected chi connectivity index (χ0v) is 9.23. The van der Waals surface area contributed by atoms with Gasteiger partial charge < -0.3 is 0 Å². The molecule has 0 aliphatic carbocycles. The lowest BCUT2D eigenvalue weighted by atomic mass is 10.1. The van der Waals surface area contributed by atoms with Gasteiger partial charge in [-0.05, 0) is 30.4 Å². The third-order valence-electron chi connectivity index (χ3n) is 1.67. The first-order chi connectivity index (χ1) is 6.66. The Kier molecular flexibility index (Phi) is 3.89. The van der Waals surface area contributed by atoms with Crippen molar-refractivity contribution in [3.8, 4) is 0 Å². The minimum Gasteiger partial charge on any atom is -0.287 e. The van der Waals surface area contributed by atoms with Crippen LogP contribution in [0.5, 0.6) is 0 Å². The summed E-state index contributed by atoms with van der Waals surface area (Å²) in [5.74, 6) is 0.865. The normalized spacial score (nSPS) is 9.86. The van der Waals surface area contributed by atoms with Crippen molar-refractivity contribution in [2.45, 2.75) is 18.7 Å². The van der Waals surface area contributed by atoms with Gasteiger partial charge in [0.25, 0.3) is 0 Å². The number of carbonyl (C=O) groups is 1. The number of aromatic nitrogens is 1. The van der Waals surface area contributed by atoms with Crippen LogP contribution in [0.25, 0.3) is 0 Å². The highest BCUT2D eigenvalue weighted by Crippen LogP contribution is 2.22. The number of allylic oxidation sites excluding steroid dienone is 1. The molecule has 0 aliphatic heterocycles. The topological polar surface area (TPSA) is 30.0 Å². The van der Waals surface area contributed by atoms with E-state index in [1.807, 2.05) is 19.1 Å². The van der Waals surface area contributed by atoms with Gasteiger partial charge in [-0.1, -0.05) is 13.5 Å². The van der Waals surface area contributed by atoms with Crippen LogP contribution in [0.3, 0.4) is 0 Å². The zero-order chi connectivity index (χ0) is 10.6. The molecule has 0 atom stereocenters. The van der Waals surface area contributed by atoms with Crippen LogP contribution in [0.1, 0.15) is 24.3 Å². The van der Waals surface area contributed by atoms with Crippen molar-refractivity contribution >= 4 is 17.5 Å². The van der Waals surface area contributed by atoms with E-state index < -0.39 is 0 Å². The van der Waals surface area contributed by atoms with Crippen molar-refractivity contribution < 1.29 is 4.79 Å². The quantitative estimate of drug-likeness (QED) is 0.432. The molecule has 0 aromatic carbocycles. The molecular weight excluding hydrogens is 194 g/mol. The van der Waals surface area contributed by atoms with Crippen LogP contribution in [-0.2, 0) is 0 Å². The molecule has 0 spiro atoms. The Hall–Kier alpha value is -1.09. The molecule has 0 N–H and O–H groups in total. The molecule has 1 rings (SSSR count). The monoisotopic (exact) mass is 207 g/mol. The van der Waals surface area contributed by atoms with E-state index in [0.29, 0.717) is 11.3 Å². The fourth-order valence-electron chi connectivity index (χ4n) is 1.04. The van der Waals surface area contributed by atoms with Crippen LogP contribution in [0.15, 0.2) is 35.4 Å². The smallest absolute Gasteiger partial charge is 0.207 e. The van der Waals surface area contributed by atoms with Crippen molar-refractivity contribution in [1.82, 2.24) is 4.98 Å². The van der Waals surface area contributed by atoms with Crippen LogP contribution < -0.4 is 0 Å². The Labute approximate surface area is 88.4 Å². The molecular formula is C11H13NOS. The summed E-state index contributed by atoms with van der Waals surface area (Å²) in [5, 5.41) is 0. The van der Waals surface area contributed by atoms with Gasteiger partial charge in [-0.25, -0.2) is 0 Å². The van der Waals surface area contributed by atoms with Crippen LogP contribution in [0.2, 0.25) is 0 Å². The third-order valence-corrected chi connectivity index (χ3v) is 2.60. The number of Topliss-reactive ketones (excluding diaryl/α,β-unsaturated/α-hetero) is 1. The molecule has 1 aromatic rings. The minimum absolute atomic E-state index is 0.0680. The van der Waals surface area contributed by atoms with E-state index in [-0.39, 0.29) is 5.78 Å². The van der Waals surface area contributed by atoms with Gasteiger partial charge in [-0.3, -0.25) is 9.78 Å². The summed E-state index contributed by atoms with van der Waals surface area (Å²) in [7, 11) is 0. The van der Waals surface area contributed by atoms with E-state index in [0.717, 1.165) is 10.6 Å². The van der Waals surface area contributed by atoms with Gasteiger partial charge in [0.1, 0.15) is 5.69 Å². The molecule has 0 saturated carbocycles. The highest BCUT2D eigenvalue weighted by Gasteiger charge is 2.12. The SMILES string of the molecule is C=C(C)C(=O)c1ncccc1SCC. The van der Waals surface area contributed by atoms with Gasteiger partial charge in [-0.15, -0.1) is 11.8 Å². The minimum atomic E-state index is -0.0680. The molecule has 0 fully saturated rings. The third kappa shape index (κ3) is 2.45. The average Bonchev–Trinajstić information content (AvgIpc) is 2.18. The number of ketones is 1. The first-order valence-electron chi connectivity index (χ1n) is 4.44. The number of rotatable bonds is 4. The second-order valence-corrected chi connectivity index (χ2v) is 4.20. The summed E-state index contributed by atoms with van der Waals surface area (Å²) in [4.78, 5) is 16.7. The molecule has 0 bridgehead atoms. The standard InChI is InChI=1S/C11H13NOS/c1-4-14-9-6-5-7-12-10(9)11(13)8(2)3/h5-7H,2,4H2,1,3H3. The molecule has 2 nitrogen and oxygen atoms in total. The molecule has 0 radical (unpaired) electrons. The molecule has 3 heteroatoms. The Balaban J connectivity index is 3.06. The van der Waals surface area contributed by atoms with Crippen molar-refractivity contribution in [3.63, 3.8) is 0 Å². The van der Waals surface area contributed by atoms with Crippen molar-refractivity contribution in [3.05, 3.63) is 36.2 Å². The lowest BCUT2D eigenvalue weighted by Gasteiger charge is -2.04. The van der Waals surface area contributed by atoms with Gasteiger partial charge in [0.05, 0.1) is 0 Å². The van der Waals surface area contributed by atoms with Gasteiger partial charge >= 0.3 is 0 Å². The van der Waals surface area contributed by atoms with Crippen molar-refractivity contribution in [2.75, 3.05) is 5.75 Å². The molecule has 0 unspecified atom stereocenters. The molecule has 14 heavy (non-hydrogen) atoms. The second kappa shape index (κ2) is 4.96. The summed E-state index contributed by atoms with van der Waals surface area (Å²) in [6.07, 6.45) is 1.63. The first kappa shape index (κ1) is 11.0. The summed E-state index contributed by atoms with van der Waals surface area (Å²) in [6.45, 7) is 7.39. The zero-order valence-electron chi connectivity index (χ0n) is 8.41. The van der Waals surface area contributed by atoms with Crippen LogP contribution in [-0.4, -0.2) is 16.5 Å². The fraction of sp³-hybridized carbons (Fsp3) is 0.273. The number of thioether (sulfide) groups is 1. The van der Waals surface area contributed by atoms with E-state index in [9.17, 15) is 4.79 Å². The lowest BCUT2D eigenvalue weighted by molar-refractivity contribution is 0.102. The number of hydrogen-bond acceptors (Lipinski definition) is 3. The molecule has 0 aliphatic rings. The molecule has 1 aromatic heterocycles. The molecule has 1 heterocycles. The summed E-state index contributed by atoms with van der Waals surface area (Å²) in [5.41, 5.74) is 1.05. The van der Waals surface area contributed by atoms with E-state index in [1.165, 1.54) is 0 Å². The maximum Gasteiger partial charge on any atom is 0.207 e. The van der Waals surface area contributed by atoms with Crippen LogP contribution >= 0.6 is 11.8 Å². The number of nitrogens with zero attached hydrogens (tertiary/aromatic N) is 1. The fourth-order valence-corrected chi connectivity index (χ4v) is 1.80. The van der Waals surface area contributed by atoms with E-state index in [1.54, 1.807) is 24.9 Å². The van der Waals surface area contributed by atoms with Gasteiger partial charge in [-0.2, -0.15) is 0 Å². The molecule has 74 valence electrons. The van der Waals surface area contributed by atoms with Gasteiger partial charge in [0.2, 0.25) is 5.78 Å². The summed E-state index contributed by atoms with van der Waals surface area (Å²) < 4.78 is 0. The van der Waals surface area contributed by atoms with Crippen LogP contribution in [0, 0.1) is 0 Å². The van der Waals surface area contributed by atoms with E-state index in [4.69, 9.17) is 0 Å². The maximum absolute atomic E-state index is 11.7. The first-order valence-corrected chi connectivity index (χ1v) is 5.43. The second-order valence-electron chi connectivity index (χ2n) is 2.89. The number of carbonyl (C=O) groups excluding carboxylic acids is 1. The highest BCUT2D eigenvalue weighted by atomic mass is 32.2. The van der Waals surface area contributed by atoms with Gasteiger partial charge in [0, 0.05) is 11.1 Å². The Morgan fingerprint density at radius 3 is 2.93 bits per heavy atom. The predicted molar refractivity (Wildman–Crippen MR) is 59.8 cm³/mol. The van der Waals surface area contributed by atoms with Crippen molar-refractivity contribution in [2.24, 2.45) is 0 Å². The summed E-state index contributed by atoms with van der Waals surface area (Å²) >= 11 is 1.62. The van der Waals surface area contributed by atoms with Crippen LogP contribution in [0.4, 0.5) is 0 Å².